The zero-order chi connectivity index (χ0) is 20.1. The van der Waals surface area contributed by atoms with Gasteiger partial charge in [0.25, 0.3) is 10.9 Å². The fourth-order valence-electron chi connectivity index (χ4n) is 3.49. The van der Waals surface area contributed by atoms with Gasteiger partial charge in [-0.05, 0) is 44.0 Å². The maximum Gasteiger partial charge on any atom is 0.253 e. The molecule has 5 nitrogen and oxygen atoms in total. The lowest BCUT2D eigenvalue weighted by atomic mass is 10.0. The molecule has 2 aromatic carbocycles. The summed E-state index contributed by atoms with van der Waals surface area (Å²) in [4.78, 5) is 26.2. The molecule has 2 N–H and O–H groups in total. The molecular weight excluding hydrogens is 350 g/mol. The van der Waals surface area contributed by atoms with Crippen LogP contribution in [0.2, 0.25) is 0 Å². The van der Waals surface area contributed by atoms with Gasteiger partial charge in [-0.25, -0.2) is 0 Å². The average Bonchev–Trinajstić information content (AvgIpc) is 3.24. The molecule has 3 rings (SSSR count). The molecule has 0 saturated carbocycles. The molecule has 2 aromatic rings. The number of benzene rings is 1. The molecule has 2 unspecified atom stereocenters. The second kappa shape index (κ2) is 9.02. The molecule has 148 valence electrons. The van der Waals surface area contributed by atoms with E-state index in [-0.39, 0.29) is 6.04 Å². The summed E-state index contributed by atoms with van der Waals surface area (Å²) in [5.74, 6) is 0.295. The number of anilines is 2. The van der Waals surface area contributed by atoms with Crippen LogP contribution in [-0.2, 0) is 6.42 Å². The summed E-state index contributed by atoms with van der Waals surface area (Å²) in [5, 5.41) is 6.41. The molecule has 28 heavy (non-hydrogen) atoms. The van der Waals surface area contributed by atoms with Crippen LogP contribution >= 0.6 is 0 Å². The highest BCUT2D eigenvalue weighted by Crippen LogP contribution is 2.21. The molecule has 1 aliphatic carbocycles. The Morgan fingerprint density at radius 2 is 1.64 bits per heavy atom. The highest BCUT2D eigenvalue weighted by molar-refractivity contribution is 5.74. The molecule has 0 radical (unpaired) electrons. The minimum absolute atomic E-state index is 0.215. The molecule has 1 aliphatic rings. The summed E-state index contributed by atoms with van der Waals surface area (Å²) in [5.41, 5.74) is 2.53. The second-order valence-corrected chi connectivity index (χ2v) is 7.72. The quantitative estimate of drug-likeness (QED) is 0.622. The van der Waals surface area contributed by atoms with E-state index < -0.39 is 10.9 Å². The third-order valence-corrected chi connectivity index (χ3v) is 5.42. The first kappa shape index (κ1) is 20.1. The van der Waals surface area contributed by atoms with Crippen LogP contribution in [0.3, 0.4) is 0 Å². The van der Waals surface area contributed by atoms with E-state index >= 15 is 0 Å². The topological polar surface area (TPSA) is 61.4 Å². The van der Waals surface area contributed by atoms with Crippen molar-refractivity contribution in [2.24, 2.45) is 5.92 Å². The smallest absolute Gasteiger partial charge is 0.253 e. The maximum atomic E-state index is 12.1. The third-order valence-electron chi connectivity index (χ3n) is 5.42. The van der Waals surface area contributed by atoms with Gasteiger partial charge in [0.05, 0.1) is 0 Å². The predicted octanol–water partition coefficient (Wildman–Crippen LogP) is 2.80. The van der Waals surface area contributed by atoms with Gasteiger partial charge in [-0.1, -0.05) is 55.5 Å². The number of hydrogen-bond acceptors (Lipinski definition) is 5. The van der Waals surface area contributed by atoms with Gasteiger partial charge in [-0.15, -0.1) is 0 Å². The monoisotopic (exact) mass is 379 g/mol. The van der Waals surface area contributed by atoms with Gasteiger partial charge in [0.1, 0.15) is 11.4 Å². The highest BCUT2D eigenvalue weighted by atomic mass is 16.2. The number of hydrogen-bond donors (Lipinski definition) is 2. The predicted molar refractivity (Wildman–Crippen MR) is 117 cm³/mol. The molecule has 0 saturated heterocycles. The van der Waals surface area contributed by atoms with Crippen molar-refractivity contribution in [2.75, 3.05) is 37.8 Å². The minimum Gasteiger partial charge on any atom is -0.379 e. The first-order valence-corrected chi connectivity index (χ1v) is 9.85. The van der Waals surface area contributed by atoms with Crippen LogP contribution in [0.4, 0.5) is 11.4 Å². The van der Waals surface area contributed by atoms with Crippen LogP contribution in [0, 0.1) is 5.92 Å². The first-order valence-electron chi connectivity index (χ1n) is 9.85. The van der Waals surface area contributed by atoms with E-state index in [1.807, 2.05) is 32.3 Å². The Balaban J connectivity index is 1.60. The SMILES string of the molecule is CC(CNc1c(NCC(Cc2ccccc2)N(C)C)c(=O)c1=O)C1=CCC=C1. The van der Waals surface area contributed by atoms with E-state index in [0.29, 0.717) is 30.4 Å². The van der Waals surface area contributed by atoms with E-state index in [1.54, 1.807) is 0 Å². The molecule has 0 bridgehead atoms. The Morgan fingerprint density at radius 1 is 1.00 bits per heavy atom. The van der Waals surface area contributed by atoms with Crippen LogP contribution in [0.15, 0.2) is 63.7 Å². The number of nitrogens with zero attached hydrogens (tertiary/aromatic N) is 1. The normalized spacial score (nSPS) is 15.6. The van der Waals surface area contributed by atoms with Crippen LogP contribution in [-0.4, -0.2) is 38.1 Å². The summed E-state index contributed by atoms with van der Waals surface area (Å²) in [6.45, 7) is 3.36. The standard InChI is InChI=1S/C23H29N3O2/c1-16(18-11-7-8-12-18)14-24-20-21(23(28)22(20)27)25-15-19(26(2)3)13-17-9-5-4-6-10-17/h4-7,9-12,16,19,24-25H,8,13-15H2,1-3H3. The third kappa shape index (κ3) is 4.60. The highest BCUT2D eigenvalue weighted by Gasteiger charge is 2.23. The molecular formula is C23H29N3O2. The van der Waals surface area contributed by atoms with Crippen molar-refractivity contribution in [3.8, 4) is 0 Å². The van der Waals surface area contributed by atoms with Gasteiger partial charge in [0.15, 0.2) is 0 Å². The van der Waals surface area contributed by atoms with Gasteiger partial charge < -0.3 is 15.5 Å². The van der Waals surface area contributed by atoms with Gasteiger partial charge in [0.2, 0.25) is 0 Å². The van der Waals surface area contributed by atoms with Crippen LogP contribution < -0.4 is 21.5 Å². The zero-order valence-corrected chi connectivity index (χ0v) is 16.9. The molecule has 0 aromatic heterocycles. The van der Waals surface area contributed by atoms with Crippen molar-refractivity contribution in [1.29, 1.82) is 0 Å². The Bertz CT molecular complexity index is 921. The summed E-state index contributed by atoms with van der Waals surface area (Å²) in [6, 6.07) is 10.5. The molecule has 0 spiro atoms. The van der Waals surface area contributed by atoms with E-state index in [0.717, 1.165) is 12.8 Å². The number of allylic oxidation sites excluding steroid dienone is 3. The van der Waals surface area contributed by atoms with E-state index in [2.05, 4.69) is 52.8 Å². The minimum atomic E-state index is -0.424. The van der Waals surface area contributed by atoms with E-state index in [9.17, 15) is 9.59 Å². The average molecular weight is 380 g/mol. The lowest BCUT2D eigenvalue weighted by molar-refractivity contribution is 0.303. The zero-order valence-electron chi connectivity index (χ0n) is 16.9. The van der Waals surface area contributed by atoms with Crippen LogP contribution in [0.1, 0.15) is 18.9 Å². The van der Waals surface area contributed by atoms with E-state index in [1.165, 1.54) is 11.1 Å². The van der Waals surface area contributed by atoms with Crippen molar-refractivity contribution in [3.05, 3.63) is 80.1 Å². The van der Waals surface area contributed by atoms with E-state index in [4.69, 9.17) is 0 Å². The lowest BCUT2D eigenvalue weighted by Crippen LogP contribution is -2.42. The largest absolute Gasteiger partial charge is 0.379 e. The molecule has 5 heteroatoms. The summed E-state index contributed by atoms with van der Waals surface area (Å²) in [7, 11) is 4.06. The number of nitrogens with one attached hydrogen (secondary N) is 2. The van der Waals surface area contributed by atoms with Gasteiger partial charge in [-0.3, -0.25) is 9.59 Å². The molecule has 2 atom stereocenters. The summed E-state index contributed by atoms with van der Waals surface area (Å²) in [6.07, 6.45) is 8.29. The molecule has 0 fully saturated rings. The van der Waals surface area contributed by atoms with Crippen LogP contribution in [0.5, 0.6) is 0 Å². The number of likely N-dealkylation sites (N-methyl/N-ethyl adjacent to an activating group) is 1. The van der Waals surface area contributed by atoms with Crippen molar-refractivity contribution in [1.82, 2.24) is 4.90 Å². The Morgan fingerprint density at radius 3 is 2.21 bits per heavy atom. The van der Waals surface area contributed by atoms with Crippen molar-refractivity contribution >= 4 is 11.4 Å². The Labute approximate surface area is 166 Å². The van der Waals surface area contributed by atoms with Gasteiger partial charge in [-0.2, -0.15) is 0 Å². The fraction of sp³-hybridized carbons (Fsp3) is 0.391. The Kier molecular flexibility index (Phi) is 6.47. The van der Waals surface area contributed by atoms with Gasteiger partial charge >= 0.3 is 0 Å². The van der Waals surface area contributed by atoms with Crippen LogP contribution in [0.25, 0.3) is 0 Å². The molecule has 0 heterocycles. The summed E-state index contributed by atoms with van der Waals surface area (Å²) >= 11 is 0. The lowest BCUT2D eigenvalue weighted by Gasteiger charge is -2.26. The molecule has 0 aliphatic heterocycles. The second-order valence-electron chi connectivity index (χ2n) is 7.72. The van der Waals surface area contributed by atoms with Crippen molar-refractivity contribution in [2.45, 2.75) is 25.8 Å². The van der Waals surface area contributed by atoms with Crippen molar-refractivity contribution in [3.63, 3.8) is 0 Å². The number of rotatable bonds is 10. The first-order chi connectivity index (χ1) is 13.5. The van der Waals surface area contributed by atoms with Crippen molar-refractivity contribution < 1.29 is 0 Å². The molecule has 0 amide bonds. The van der Waals surface area contributed by atoms with Gasteiger partial charge in [0, 0.05) is 19.1 Å². The Hall–Kier alpha value is -2.66. The fourth-order valence-corrected chi connectivity index (χ4v) is 3.49. The summed E-state index contributed by atoms with van der Waals surface area (Å²) < 4.78 is 0. The maximum absolute atomic E-state index is 12.1.